The fourth-order valence-electron chi connectivity index (χ4n) is 2.76. The quantitative estimate of drug-likeness (QED) is 0.455. The molecule has 2 aliphatic rings. The summed E-state index contributed by atoms with van der Waals surface area (Å²) in [5.74, 6) is 0.863. The lowest BCUT2D eigenvalue weighted by atomic mass is 9.88. The van der Waals surface area contributed by atoms with Crippen LogP contribution in [0.3, 0.4) is 0 Å². The Morgan fingerprint density at radius 2 is 1.50 bits per heavy atom. The van der Waals surface area contributed by atoms with Crippen molar-refractivity contribution >= 4 is 0 Å². The predicted octanol–water partition coefficient (Wildman–Crippen LogP) is 3.65. The van der Waals surface area contributed by atoms with Gasteiger partial charge >= 0.3 is 0 Å². The van der Waals surface area contributed by atoms with Crippen LogP contribution in [0.25, 0.3) is 10.4 Å². The number of nitrogens with zero attached hydrogens (tertiary/aromatic N) is 3. The molecule has 2 fully saturated rings. The van der Waals surface area contributed by atoms with E-state index in [1.54, 1.807) is 0 Å². The SMILES string of the molecule is C[C@H]1COC(C)(C)C[C@H]1N.C[C@H]1COC(C)(C)C[C@H]1N=[N+]=[N-]. The lowest BCUT2D eigenvalue weighted by Gasteiger charge is -2.37. The van der Waals surface area contributed by atoms with Gasteiger partial charge in [0.25, 0.3) is 0 Å². The first kappa shape index (κ1) is 19.2. The van der Waals surface area contributed by atoms with E-state index in [1.807, 2.05) is 13.8 Å². The van der Waals surface area contributed by atoms with Crippen LogP contribution in [0.5, 0.6) is 0 Å². The molecule has 0 bridgehead atoms. The molecule has 22 heavy (non-hydrogen) atoms. The number of ether oxygens (including phenoxy) is 2. The molecular weight excluding hydrogens is 280 g/mol. The fourth-order valence-corrected chi connectivity index (χ4v) is 2.76. The molecule has 0 aromatic rings. The van der Waals surface area contributed by atoms with Crippen molar-refractivity contribution in [3.8, 4) is 0 Å². The summed E-state index contributed by atoms with van der Waals surface area (Å²) in [6.07, 6.45) is 1.80. The van der Waals surface area contributed by atoms with Crippen molar-refractivity contribution in [1.82, 2.24) is 0 Å². The summed E-state index contributed by atoms with van der Waals surface area (Å²) in [5, 5.41) is 3.76. The molecule has 2 aliphatic heterocycles. The highest BCUT2D eigenvalue weighted by molar-refractivity contribution is 4.87. The first-order valence-electron chi connectivity index (χ1n) is 8.14. The minimum absolute atomic E-state index is 0.00588. The van der Waals surface area contributed by atoms with Crippen molar-refractivity contribution in [2.45, 2.75) is 77.7 Å². The Kier molecular flexibility index (Phi) is 6.68. The first-order chi connectivity index (χ1) is 10.1. The molecule has 6 heteroatoms. The molecule has 4 atom stereocenters. The van der Waals surface area contributed by atoms with E-state index < -0.39 is 0 Å². The number of azide groups is 1. The molecule has 2 N–H and O–H groups in total. The number of rotatable bonds is 1. The molecule has 0 unspecified atom stereocenters. The second-order valence-corrected chi connectivity index (χ2v) is 7.94. The Bertz CT molecular complexity index is 405. The Morgan fingerprint density at radius 3 is 1.95 bits per heavy atom. The number of hydrogen-bond acceptors (Lipinski definition) is 4. The van der Waals surface area contributed by atoms with Crippen molar-refractivity contribution in [3.05, 3.63) is 10.4 Å². The van der Waals surface area contributed by atoms with Gasteiger partial charge in [0, 0.05) is 17.0 Å². The van der Waals surface area contributed by atoms with Gasteiger partial charge in [0.15, 0.2) is 0 Å². The van der Waals surface area contributed by atoms with E-state index in [1.165, 1.54) is 0 Å². The fraction of sp³-hybridized carbons (Fsp3) is 1.00. The van der Waals surface area contributed by atoms with Crippen LogP contribution in [-0.2, 0) is 9.47 Å². The third-order valence-corrected chi connectivity index (χ3v) is 4.49. The van der Waals surface area contributed by atoms with Crippen LogP contribution in [0.1, 0.15) is 54.4 Å². The second-order valence-electron chi connectivity index (χ2n) is 7.94. The molecule has 2 heterocycles. The van der Waals surface area contributed by atoms with Crippen LogP contribution in [0, 0.1) is 11.8 Å². The van der Waals surface area contributed by atoms with Gasteiger partial charge in [0.2, 0.25) is 0 Å². The molecule has 0 spiro atoms. The van der Waals surface area contributed by atoms with Crippen LogP contribution in [0.2, 0.25) is 0 Å². The van der Waals surface area contributed by atoms with Crippen LogP contribution in [0.4, 0.5) is 0 Å². The number of hydrogen-bond donors (Lipinski definition) is 1. The molecule has 0 saturated carbocycles. The normalized spacial score (nSPS) is 36.5. The number of nitrogens with two attached hydrogens (primary N) is 1. The zero-order valence-corrected chi connectivity index (χ0v) is 14.9. The van der Waals surface area contributed by atoms with Crippen LogP contribution < -0.4 is 5.73 Å². The summed E-state index contributed by atoms with van der Waals surface area (Å²) < 4.78 is 11.1. The summed E-state index contributed by atoms with van der Waals surface area (Å²) in [7, 11) is 0. The zero-order valence-electron chi connectivity index (χ0n) is 14.9. The van der Waals surface area contributed by atoms with Crippen LogP contribution in [0.15, 0.2) is 5.11 Å². The minimum Gasteiger partial charge on any atom is -0.375 e. The molecule has 0 aromatic carbocycles. The highest BCUT2D eigenvalue weighted by Crippen LogP contribution is 2.29. The van der Waals surface area contributed by atoms with Crippen molar-refractivity contribution in [2.24, 2.45) is 22.7 Å². The van der Waals surface area contributed by atoms with Gasteiger partial charge in [-0.2, -0.15) is 0 Å². The first-order valence-corrected chi connectivity index (χ1v) is 8.14. The van der Waals surface area contributed by atoms with E-state index in [0.29, 0.717) is 24.5 Å². The van der Waals surface area contributed by atoms with Gasteiger partial charge in [0.1, 0.15) is 0 Å². The molecule has 6 nitrogen and oxygen atoms in total. The highest BCUT2D eigenvalue weighted by Gasteiger charge is 2.32. The maximum absolute atomic E-state index is 8.32. The highest BCUT2D eigenvalue weighted by atomic mass is 16.5. The van der Waals surface area contributed by atoms with E-state index in [2.05, 4.69) is 37.7 Å². The Hall–Kier alpha value is -0.810. The van der Waals surface area contributed by atoms with Gasteiger partial charge in [-0.15, -0.1) is 0 Å². The zero-order chi connectivity index (χ0) is 17.0. The van der Waals surface area contributed by atoms with Crippen LogP contribution in [-0.4, -0.2) is 36.5 Å². The van der Waals surface area contributed by atoms with Crippen molar-refractivity contribution in [3.63, 3.8) is 0 Å². The van der Waals surface area contributed by atoms with Gasteiger partial charge in [-0.1, -0.05) is 19.0 Å². The Morgan fingerprint density at radius 1 is 1.00 bits per heavy atom. The molecule has 2 saturated heterocycles. The van der Waals surface area contributed by atoms with Gasteiger partial charge in [0.05, 0.1) is 24.4 Å². The average Bonchev–Trinajstić information content (AvgIpc) is 2.39. The lowest BCUT2D eigenvalue weighted by molar-refractivity contribution is -0.0810. The van der Waals surface area contributed by atoms with E-state index in [9.17, 15) is 0 Å². The average molecular weight is 312 g/mol. The monoisotopic (exact) mass is 312 g/mol. The predicted molar refractivity (Wildman–Crippen MR) is 88.5 cm³/mol. The Labute approximate surface area is 134 Å². The van der Waals surface area contributed by atoms with E-state index in [4.69, 9.17) is 20.7 Å². The molecule has 0 amide bonds. The summed E-state index contributed by atoms with van der Waals surface area (Å²) in [4.78, 5) is 2.84. The molecule has 0 aromatic heterocycles. The van der Waals surface area contributed by atoms with Crippen molar-refractivity contribution in [1.29, 1.82) is 0 Å². The molecule has 128 valence electrons. The molecule has 0 aliphatic carbocycles. The smallest absolute Gasteiger partial charge is 0.0641 e. The maximum Gasteiger partial charge on any atom is 0.0641 e. The summed E-state index contributed by atoms with van der Waals surface area (Å²) >= 11 is 0. The van der Waals surface area contributed by atoms with E-state index in [-0.39, 0.29) is 17.2 Å². The van der Waals surface area contributed by atoms with Gasteiger partial charge in [-0.05, 0) is 57.9 Å². The maximum atomic E-state index is 8.32. The van der Waals surface area contributed by atoms with E-state index >= 15 is 0 Å². The Balaban J connectivity index is 0.000000224. The van der Waals surface area contributed by atoms with Crippen molar-refractivity contribution < 1.29 is 9.47 Å². The molecule has 0 radical (unpaired) electrons. The van der Waals surface area contributed by atoms with Gasteiger partial charge in [-0.3, -0.25) is 0 Å². The van der Waals surface area contributed by atoms with Crippen LogP contribution >= 0.6 is 0 Å². The topological polar surface area (TPSA) is 93.2 Å². The van der Waals surface area contributed by atoms with Gasteiger partial charge < -0.3 is 15.2 Å². The standard InChI is InChI=1S/C8H15N3O.C8H17NO/c1-6-5-12-8(2,3)4-7(6)10-11-9;1-6-5-10-8(2,3)4-7(6)9/h6-7H,4-5H2,1-3H3;6-7H,4-5,9H2,1-3H3/t2*6-,7+/m00/s1. The minimum atomic E-state index is -0.134. The van der Waals surface area contributed by atoms with Crippen molar-refractivity contribution in [2.75, 3.05) is 13.2 Å². The summed E-state index contributed by atoms with van der Waals surface area (Å²) in [5.41, 5.74) is 14.1. The summed E-state index contributed by atoms with van der Waals surface area (Å²) in [6, 6.07) is 0.419. The second kappa shape index (κ2) is 7.64. The third-order valence-electron chi connectivity index (χ3n) is 4.49. The summed E-state index contributed by atoms with van der Waals surface area (Å²) in [6.45, 7) is 13.9. The lowest BCUT2D eigenvalue weighted by Crippen LogP contribution is -2.46. The molecule has 2 rings (SSSR count). The largest absolute Gasteiger partial charge is 0.375 e. The van der Waals surface area contributed by atoms with E-state index in [0.717, 1.165) is 19.4 Å². The third kappa shape index (κ3) is 6.13. The van der Waals surface area contributed by atoms with Gasteiger partial charge in [-0.25, -0.2) is 0 Å². The molecular formula is C16H32N4O2.